The number of carbonyl (C=O) groups excluding carboxylic acids is 1. The molecule has 0 atom stereocenters. The van der Waals surface area contributed by atoms with Crippen molar-refractivity contribution in [2.45, 2.75) is 13.8 Å². The zero-order valence-electron chi connectivity index (χ0n) is 9.95. The second-order valence-corrected chi connectivity index (χ2v) is 4.55. The molecule has 0 bridgehead atoms. The third-order valence-corrected chi connectivity index (χ3v) is 2.94. The molecule has 1 aromatic heterocycles. The van der Waals surface area contributed by atoms with Crippen molar-refractivity contribution in [1.82, 2.24) is 0 Å². The number of hydrogen-bond acceptors (Lipinski definition) is 4. The lowest BCUT2D eigenvalue weighted by Gasteiger charge is -2.09. The first-order valence-corrected chi connectivity index (χ1v) is 6.45. The smallest absolute Gasteiger partial charge is 0.336 e. The molecule has 0 saturated heterocycles. The third-order valence-electron chi connectivity index (χ3n) is 2.48. The fourth-order valence-corrected chi connectivity index (χ4v) is 1.92. The van der Waals surface area contributed by atoms with Crippen LogP contribution in [0, 0.1) is 13.8 Å². The fraction of sp³-hybridized carbons (Fsp3) is 0.231. The minimum absolute atomic E-state index is 0.109. The Hall–Kier alpha value is -1.62. The molecule has 1 heterocycles. The van der Waals surface area contributed by atoms with E-state index in [9.17, 15) is 9.59 Å². The molecule has 0 aliphatic carbocycles. The minimum atomic E-state index is -0.414. The lowest BCUT2D eigenvalue weighted by Crippen LogP contribution is -2.10. The molecular weight excluding hydrogens is 300 g/mol. The molecule has 1 aromatic carbocycles. The van der Waals surface area contributed by atoms with Crippen LogP contribution in [0.4, 0.5) is 0 Å². The first-order chi connectivity index (χ1) is 8.51. The van der Waals surface area contributed by atoms with E-state index in [4.69, 9.17) is 9.15 Å². The number of benzene rings is 1. The van der Waals surface area contributed by atoms with Gasteiger partial charge in [0, 0.05) is 6.07 Å². The number of rotatable bonds is 2. The van der Waals surface area contributed by atoms with Crippen LogP contribution in [0.15, 0.2) is 27.4 Å². The number of hydrogen-bond donors (Lipinski definition) is 0. The van der Waals surface area contributed by atoms with Crippen molar-refractivity contribution in [3.05, 3.63) is 39.7 Å². The van der Waals surface area contributed by atoms with Gasteiger partial charge in [0.15, 0.2) is 0 Å². The molecule has 0 saturated carbocycles. The van der Waals surface area contributed by atoms with Crippen molar-refractivity contribution in [2.75, 3.05) is 5.33 Å². The molecule has 5 heteroatoms. The van der Waals surface area contributed by atoms with Crippen molar-refractivity contribution in [2.24, 2.45) is 0 Å². The summed E-state index contributed by atoms with van der Waals surface area (Å²) in [7, 11) is 0. The van der Waals surface area contributed by atoms with Gasteiger partial charge in [-0.25, -0.2) is 4.79 Å². The second kappa shape index (κ2) is 4.94. The van der Waals surface area contributed by atoms with Crippen molar-refractivity contribution >= 4 is 32.9 Å². The summed E-state index contributed by atoms with van der Waals surface area (Å²) >= 11 is 3.04. The Morgan fingerprint density at radius 1 is 1.33 bits per heavy atom. The largest absolute Gasteiger partial charge is 0.425 e. The van der Waals surface area contributed by atoms with Crippen LogP contribution in [0.5, 0.6) is 5.75 Å². The highest BCUT2D eigenvalue weighted by molar-refractivity contribution is 9.09. The Morgan fingerprint density at radius 2 is 2.06 bits per heavy atom. The number of fused-ring (bicyclic) bond motifs is 1. The van der Waals surface area contributed by atoms with E-state index >= 15 is 0 Å². The van der Waals surface area contributed by atoms with E-state index < -0.39 is 11.6 Å². The molecule has 0 unspecified atom stereocenters. The first-order valence-electron chi connectivity index (χ1n) is 5.33. The molecule has 0 radical (unpaired) electrons. The number of carbonyl (C=O) groups is 1. The molecule has 0 aliphatic rings. The Labute approximate surface area is 112 Å². The predicted molar refractivity (Wildman–Crippen MR) is 71.4 cm³/mol. The van der Waals surface area contributed by atoms with Gasteiger partial charge in [0.2, 0.25) is 0 Å². The number of alkyl halides is 1. The molecular formula is C13H11BrO4. The lowest BCUT2D eigenvalue weighted by atomic mass is 10.1. The highest BCUT2D eigenvalue weighted by atomic mass is 79.9. The zero-order chi connectivity index (χ0) is 13.3. The lowest BCUT2D eigenvalue weighted by molar-refractivity contribution is -0.131. The molecule has 2 aromatic rings. The molecule has 94 valence electrons. The van der Waals surface area contributed by atoms with Crippen LogP contribution in [-0.2, 0) is 4.79 Å². The maximum absolute atomic E-state index is 11.4. The van der Waals surface area contributed by atoms with E-state index in [0.717, 1.165) is 11.1 Å². The van der Waals surface area contributed by atoms with Gasteiger partial charge in [-0.2, -0.15) is 0 Å². The predicted octanol–water partition coefficient (Wildman–Crippen LogP) is 2.71. The summed E-state index contributed by atoms with van der Waals surface area (Å²) in [5, 5.41) is 0.757. The molecule has 2 rings (SSSR count). The van der Waals surface area contributed by atoms with Gasteiger partial charge in [-0.05, 0) is 37.1 Å². The summed E-state index contributed by atoms with van der Waals surface area (Å²) < 4.78 is 10.4. The van der Waals surface area contributed by atoms with Crippen LogP contribution >= 0.6 is 15.9 Å². The van der Waals surface area contributed by atoms with Gasteiger partial charge >= 0.3 is 11.6 Å². The quantitative estimate of drug-likeness (QED) is 0.370. The van der Waals surface area contributed by atoms with Crippen LogP contribution in [0.1, 0.15) is 11.1 Å². The van der Waals surface area contributed by atoms with E-state index in [-0.39, 0.29) is 5.33 Å². The standard InChI is InChI=1S/C13H11BrO4/c1-7-3-9-13(8(2)5-11(15)17-9)10(4-7)18-12(16)6-14/h3-5H,6H2,1-2H3. The summed E-state index contributed by atoms with van der Waals surface area (Å²) in [5.41, 5.74) is 1.59. The van der Waals surface area contributed by atoms with Crippen LogP contribution in [-0.4, -0.2) is 11.3 Å². The molecule has 18 heavy (non-hydrogen) atoms. The van der Waals surface area contributed by atoms with Crippen molar-refractivity contribution < 1.29 is 13.9 Å². The summed E-state index contributed by atoms with van der Waals surface area (Å²) in [6.45, 7) is 3.62. The number of ether oxygens (including phenoxy) is 1. The fourth-order valence-electron chi connectivity index (χ4n) is 1.81. The second-order valence-electron chi connectivity index (χ2n) is 3.99. The topological polar surface area (TPSA) is 56.5 Å². The van der Waals surface area contributed by atoms with E-state index in [1.165, 1.54) is 6.07 Å². The molecule has 0 fully saturated rings. The Bertz CT molecular complexity index is 672. The van der Waals surface area contributed by atoms with Gasteiger partial charge in [-0.15, -0.1) is 0 Å². The molecule has 4 nitrogen and oxygen atoms in total. The first kappa shape index (κ1) is 12.8. The van der Waals surface area contributed by atoms with E-state index in [1.807, 2.05) is 6.92 Å². The SMILES string of the molecule is Cc1cc(OC(=O)CBr)c2c(C)cc(=O)oc2c1. The number of esters is 1. The Kier molecular flexibility index (Phi) is 3.52. The Balaban J connectivity index is 2.72. The Morgan fingerprint density at radius 3 is 2.72 bits per heavy atom. The normalized spacial score (nSPS) is 10.6. The van der Waals surface area contributed by atoms with E-state index in [1.54, 1.807) is 19.1 Å². The van der Waals surface area contributed by atoms with Gasteiger partial charge in [-0.3, -0.25) is 4.79 Å². The highest BCUT2D eigenvalue weighted by Crippen LogP contribution is 2.29. The highest BCUT2D eigenvalue weighted by Gasteiger charge is 2.12. The number of halogens is 1. The summed E-state index contributed by atoms with van der Waals surface area (Å²) in [6, 6.07) is 4.87. The molecule has 0 aliphatic heterocycles. The van der Waals surface area contributed by atoms with Crippen molar-refractivity contribution in [1.29, 1.82) is 0 Å². The zero-order valence-corrected chi connectivity index (χ0v) is 11.5. The van der Waals surface area contributed by atoms with Crippen LogP contribution in [0.2, 0.25) is 0 Å². The van der Waals surface area contributed by atoms with Gasteiger partial charge in [-0.1, -0.05) is 15.9 Å². The van der Waals surface area contributed by atoms with Gasteiger partial charge in [0.25, 0.3) is 0 Å². The average Bonchev–Trinajstić information content (AvgIpc) is 2.26. The third kappa shape index (κ3) is 2.46. The molecule has 0 N–H and O–H groups in total. The molecule has 0 amide bonds. The maximum atomic E-state index is 11.4. The van der Waals surface area contributed by atoms with Crippen molar-refractivity contribution in [3.63, 3.8) is 0 Å². The van der Waals surface area contributed by atoms with Crippen LogP contribution < -0.4 is 10.4 Å². The van der Waals surface area contributed by atoms with Gasteiger partial charge in [0.1, 0.15) is 16.7 Å². The minimum Gasteiger partial charge on any atom is -0.425 e. The monoisotopic (exact) mass is 310 g/mol. The van der Waals surface area contributed by atoms with Crippen molar-refractivity contribution in [3.8, 4) is 5.75 Å². The molecule has 0 spiro atoms. The van der Waals surface area contributed by atoms with Crippen LogP contribution in [0.25, 0.3) is 11.0 Å². The number of aryl methyl sites for hydroxylation is 2. The summed E-state index contributed by atoms with van der Waals surface area (Å²) in [4.78, 5) is 22.7. The van der Waals surface area contributed by atoms with Gasteiger partial charge < -0.3 is 9.15 Å². The van der Waals surface area contributed by atoms with Gasteiger partial charge in [0.05, 0.1) is 5.39 Å². The maximum Gasteiger partial charge on any atom is 0.336 e. The van der Waals surface area contributed by atoms with E-state index in [2.05, 4.69) is 15.9 Å². The summed E-state index contributed by atoms with van der Waals surface area (Å²) in [5.74, 6) is 0.0169. The van der Waals surface area contributed by atoms with E-state index in [0.29, 0.717) is 16.7 Å². The summed E-state index contributed by atoms with van der Waals surface area (Å²) in [6.07, 6.45) is 0. The van der Waals surface area contributed by atoms with Crippen LogP contribution in [0.3, 0.4) is 0 Å². The average molecular weight is 311 g/mol.